The van der Waals surface area contributed by atoms with Crippen molar-refractivity contribution >= 4 is 16.9 Å². The average molecular weight is 319 g/mol. The first-order valence-electron chi connectivity index (χ1n) is 7.42. The number of aromatic nitrogens is 3. The van der Waals surface area contributed by atoms with E-state index in [9.17, 15) is 15.3 Å². The summed E-state index contributed by atoms with van der Waals surface area (Å²) >= 11 is 0. The molecule has 1 fully saturated rings. The van der Waals surface area contributed by atoms with E-state index in [-0.39, 0.29) is 6.61 Å². The number of rotatable bonds is 2. The Hall–Kier alpha value is -1.94. The molecule has 3 N–H and O–H groups in total. The van der Waals surface area contributed by atoms with Crippen LogP contribution in [0.2, 0.25) is 0 Å². The molecular formula is C14H17N5O4. The van der Waals surface area contributed by atoms with Gasteiger partial charge in [0, 0.05) is 6.20 Å². The summed E-state index contributed by atoms with van der Waals surface area (Å²) in [7, 11) is 0. The zero-order chi connectivity index (χ0) is 16.2. The summed E-state index contributed by atoms with van der Waals surface area (Å²) in [5.41, 5.74) is -0.0447. The Kier molecular flexibility index (Phi) is 3.20. The van der Waals surface area contributed by atoms with Gasteiger partial charge in [-0.25, -0.2) is 9.97 Å². The monoisotopic (exact) mass is 319 g/mol. The standard InChI is InChI=1S/C14H17N5O4/c1-14(22)10(21)8(5-20)23-13(14)19-4-7-2-3-17-18-11-9(7)12(19)16-6-15-11/h4,6,8,10,13,20-22H,2-3,5H2,1H3/t8-,10-,13-,14-/m1/s1. The summed E-state index contributed by atoms with van der Waals surface area (Å²) in [6.45, 7) is 1.64. The molecule has 4 heterocycles. The largest absolute Gasteiger partial charge is 0.394 e. The van der Waals surface area contributed by atoms with E-state index in [2.05, 4.69) is 20.2 Å². The van der Waals surface area contributed by atoms with E-state index in [0.29, 0.717) is 24.4 Å². The molecule has 23 heavy (non-hydrogen) atoms. The molecule has 0 unspecified atom stereocenters. The molecule has 0 saturated carbocycles. The van der Waals surface area contributed by atoms with Gasteiger partial charge in [-0.05, 0) is 18.9 Å². The molecule has 2 aliphatic heterocycles. The van der Waals surface area contributed by atoms with Gasteiger partial charge in [-0.2, -0.15) is 5.11 Å². The molecule has 4 atom stereocenters. The maximum Gasteiger partial charge on any atom is 0.186 e. The van der Waals surface area contributed by atoms with Gasteiger partial charge >= 0.3 is 0 Å². The van der Waals surface area contributed by atoms with Gasteiger partial charge in [0.25, 0.3) is 0 Å². The van der Waals surface area contributed by atoms with Crippen molar-refractivity contribution in [3.05, 3.63) is 18.1 Å². The summed E-state index contributed by atoms with van der Waals surface area (Å²) in [4.78, 5) is 8.43. The molecular weight excluding hydrogens is 302 g/mol. The number of hydrogen-bond donors (Lipinski definition) is 3. The quantitative estimate of drug-likeness (QED) is 0.719. The van der Waals surface area contributed by atoms with Crippen LogP contribution in [0.3, 0.4) is 0 Å². The Balaban J connectivity index is 1.89. The van der Waals surface area contributed by atoms with Gasteiger partial charge in [0.1, 0.15) is 29.8 Å². The molecule has 122 valence electrons. The van der Waals surface area contributed by atoms with Gasteiger partial charge in [-0.15, -0.1) is 5.11 Å². The van der Waals surface area contributed by atoms with Crippen molar-refractivity contribution in [2.75, 3.05) is 13.2 Å². The lowest BCUT2D eigenvalue weighted by Crippen LogP contribution is -2.44. The number of aliphatic hydroxyl groups excluding tert-OH is 2. The fourth-order valence-corrected chi connectivity index (χ4v) is 3.27. The lowest BCUT2D eigenvalue weighted by Gasteiger charge is -2.27. The fraction of sp³-hybridized carbons (Fsp3) is 0.571. The summed E-state index contributed by atoms with van der Waals surface area (Å²) in [5, 5.41) is 39.1. The van der Waals surface area contributed by atoms with E-state index in [0.717, 1.165) is 10.9 Å². The van der Waals surface area contributed by atoms with Gasteiger partial charge in [-0.3, -0.25) is 0 Å². The van der Waals surface area contributed by atoms with E-state index in [1.54, 1.807) is 4.57 Å². The minimum atomic E-state index is -1.56. The Morgan fingerprint density at radius 2 is 2.26 bits per heavy atom. The van der Waals surface area contributed by atoms with E-state index in [1.165, 1.54) is 13.3 Å². The van der Waals surface area contributed by atoms with Gasteiger partial charge in [0.05, 0.1) is 18.5 Å². The lowest BCUT2D eigenvalue weighted by atomic mass is 9.96. The van der Waals surface area contributed by atoms with Gasteiger partial charge in [0.15, 0.2) is 12.0 Å². The molecule has 0 aliphatic carbocycles. The molecule has 4 rings (SSSR count). The van der Waals surface area contributed by atoms with Crippen LogP contribution in [-0.2, 0) is 11.2 Å². The third kappa shape index (κ3) is 2.01. The molecule has 0 amide bonds. The fourth-order valence-electron chi connectivity index (χ4n) is 3.27. The van der Waals surface area contributed by atoms with Crippen molar-refractivity contribution in [3.63, 3.8) is 0 Å². The predicted octanol–water partition coefficient (Wildman–Crippen LogP) is 0.0727. The summed E-state index contributed by atoms with van der Waals surface area (Å²) in [5.74, 6) is 0.484. The molecule has 2 aromatic rings. The van der Waals surface area contributed by atoms with Gasteiger partial charge < -0.3 is 24.6 Å². The maximum absolute atomic E-state index is 10.7. The SMILES string of the molecule is C[C@@]1(O)[C@H](O)[C@@H](CO)O[C@H]1n1cc2c3c(ncnc31)N=NCC2. The highest BCUT2D eigenvalue weighted by Crippen LogP contribution is 2.41. The topological polar surface area (TPSA) is 125 Å². The summed E-state index contributed by atoms with van der Waals surface area (Å²) in [6, 6.07) is 0. The normalized spacial score (nSPS) is 33.3. The predicted molar refractivity (Wildman–Crippen MR) is 78.2 cm³/mol. The van der Waals surface area contributed by atoms with E-state index in [1.807, 2.05) is 6.20 Å². The number of nitrogens with zero attached hydrogens (tertiary/aromatic N) is 5. The van der Waals surface area contributed by atoms with Crippen LogP contribution in [0.25, 0.3) is 11.0 Å². The number of hydrogen-bond acceptors (Lipinski definition) is 8. The van der Waals surface area contributed by atoms with E-state index >= 15 is 0 Å². The smallest absolute Gasteiger partial charge is 0.186 e. The Morgan fingerprint density at radius 1 is 1.43 bits per heavy atom. The van der Waals surface area contributed by atoms with Crippen LogP contribution in [0.5, 0.6) is 0 Å². The molecule has 0 spiro atoms. The molecule has 2 aliphatic rings. The average Bonchev–Trinajstić information content (AvgIpc) is 2.90. The van der Waals surface area contributed by atoms with Crippen molar-refractivity contribution in [2.45, 2.75) is 37.4 Å². The highest BCUT2D eigenvalue weighted by Gasteiger charge is 2.53. The van der Waals surface area contributed by atoms with Gasteiger partial charge in [0.2, 0.25) is 0 Å². The van der Waals surface area contributed by atoms with Crippen molar-refractivity contribution in [3.8, 4) is 0 Å². The highest BCUT2D eigenvalue weighted by molar-refractivity contribution is 5.89. The van der Waals surface area contributed by atoms with E-state index < -0.39 is 24.0 Å². The first-order chi connectivity index (χ1) is 11.0. The van der Waals surface area contributed by atoms with E-state index in [4.69, 9.17) is 4.74 Å². The minimum Gasteiger partial charge on any atom is -0.394 e. The zero-order valence-corrected chi connectivity index (χ0v) is 12.5. The van der Waals surface area contributed by atoms with Crippen molar-refractivity contribution in [2.24, 2.45) is 10.2 Å². The van der Waals surface area contributed by atoms with Crippen LogP contribution in [0.1, 0.15) is 18.7 Å². The molecule has 1 saturated heterocycles. The van der Waals surface area contributed by atoms with Crippen molar-refractivity contribution in [1.82, 2.24) is 14.5 Å². The summed E-state index contributed by atoms with van der Waals surface area (Å²) < 4.78 is 7.36. The third-order valence-electron chi connectivity index (χ3n) is 4.50. The molecule has 9 heteroatoms. The third-order valence-corrected chi connectivity index (χ3v) is 4.50. The van der Waals surface area contributed by atoms with Crippen LogP contribution in [-0.4, -0.2) is 60.8 Å². The number of ether oxygens (including phenoxy) is 1. The Bertz CT molecular complexity index is 787. The first-order valence-corrected chi connectivity index (χ1v) is 7.42. The Labute approximate surface area is 131 Å². The molecule has 0 bridgehead atoms. The number of aliphatic hydroxyl groups is 3. The highest BCUT2D eigenvalue weighted by atomic mass is 16.6. The van der Waals surface area contributed by atoms with Crippen molar-refractivity contribution in [1.29, 1.82) is 0 Å². The zero-order valence-electron chi connectivity index (χ0n) is 12.5. The van der Waals surface area contributed by atoms with Crippen LogP contribution in [0.4, 0.5) is 5.82 Å². The van der Waals surface area contributed by atoms with Crippen LogP contribution < -0.4 is 0 Å². The molecule has 0 radical (unpaired) electrons. The minimum absolute atomic E-state index is 0.381. The molecule has 2 aromatic heterocycles. The molecule has 0 aromatic carbocycles. The Morgan fingerprint density at radius 3 is 3.00 bits per heavy atom. The number of azo groups is 1. The second-order valence-corrected chi connectivity index (χ2v) is 6.05. The van der Waals surface area contributed by atoms with Crippen molar-refractivity contribution < 1.29 is 20.1 Å². The second-order valence-electron chi connectivity index (χ2n) is 6.05. The first kappa shape index (κ1) is 14.6. The maximum atomic E-state index is 10.7. The van der Waals surface area contributed by atoms with Crippen LogP contribution in [0.15, 0.2) is 22.8 Å². The second kappa shape index (κ2) is 5.03. The molecule has 9 nitrogen and oxygen atoms in total. The lowest BCUT2D eigenvalue weighted by molar-refractivity contribution is -0.0948. The van der Waals surface area contributed by atoms with Crippen LogP contribution >= 0.6 is 0 Å². The van der Waals surface area contributed by atoms with Gasteiger partial charge in [-0.1, -0.05) is 0 Å². The van der Waals surface area contributed by atoms with Crippen LogP contribution in [0, 0.1) is 0 Å². The summed E-state index contributed by atoms with van der Waals surface area (Å²) in [6.07, 6.45) is 0.951.